The van der Waals surface area contributed by atoms with E-state index in [0.717, 1.165) is 36.2 Å². The molecule has 0 radical (unpaired) electrons. The van der Waals surface area contributed by atoms with Crippen LogP contribution in [0.1, 0.15) is 18.4 Å². The molecular weight excluding hydrogens is 389 g/mol. The average molecular weight is 410 g/mol. The Kier molecular flexibility index (Phi) is 5.79. The smallest absolute Gasteiger partial charge is 0.141 e. The second-order valence-corrected chi connectivity index (χ2v) is 7.64. The number of nitrogens with zero attached hydrogens (tertiary/aromatic N) is 2. The van der Waals surface area contributed by atoms with Crippen LogP contribution in [0.5, 0.6) is 0 Å². The minimum atomic E-state index is -0.485. The molecule has 5 nitrogen and oxygen atoms in total. The van der Waals surface area contributed by atoms with Crippen molar-refractivity contribution in [3.05, 3.63) is 59.0 Å². The maximum absolute atomic E-state index is 13.5. The van der Waals surface area contributed by atoms with Crippen molar-refractivity contribution in [1.29, 1.82) is 5.26 Å². The SMILES string of the molecule is N#Cc1cnc2ccc(NCC3CCCNC3)cc2c1Nc1ccc(F)c(Cl)c1. The number of halogens is 2. The lowest BCUT2D eigenvalue weighted by Gasteiger charge is -2.23. The molecule has 1 aliphatic rings. The molecule has 0 spiro atoms. The summed E-state index contributed by atoms with van der Waals surface area (Å²) in [7, 11) is 0. The van der Waals surface area contributed by atoms with E-state index in [9.17, 15) is 9.65 Å². The van der Waals surface area contributed by atoms with Crippen LogP contribution in [-0.2, 0) is 0 Å². The number of piperidine rings is 1. The highest BCUT2D eigenvalue weighted by Crippen LogP contribution is 2.32. The van der Waals surface area contributed by atoms with Gasteiger partial charge < -0.3 is 16.0 Å². The van der Waals surface area contributed by atoms with E-state index in [1.807, 2.05) is 18.2 Å². The van der Waals surface area contributed by atoms with Crippen LogP contribution in [0, 0.1) is 23.1 Å². The molecule has 4 rings (SSSR count). The van der Waals surface area contributed by atoms with Gasteiger partial charge in [0.2, 0.25) is 0 Å². The predicted octanol–water partition coefficient (Wildman–Crippen LogP) is 5.05. The van der Waals surface area contributed by atoms with E-state index < -0.39 is 5.82 Å². The Labute approximate surface area is 173 Å². The van der Waals surface area contributed by atoms with Gasteiger partial charge in [0.15, 0.2) is 0 Å². The second-order valence-electron chi connectivity index (χ2n) is 7.24. The molecule has 3 N–H and O–H groups in total. The van der Waals surface area contributed by atoms with Crippen LogP contribution in [0.15, 0.2) is 42.6 Å². The maximum Gasteiger partial charge on any atom is 0.141 e. The average Bonchev–Trinajstić information content (AvgIpc) is 2.76. The van der Waals surface area contributed by atoms with Crippen molar-refractivity contribution in [2.24, 2.45) is 5.92 Å². The van der Waals surface area contributed by atoms with Crippen molar-refractivity contribution in [1.82, 2.24) is 10.3 Å². The Morgan fingerprint density at radius 1 is 1.24 bits per heavy atom. The molecule has 0 amide bonds. The van der Waals surface area contributed by atoms with Gasteiger partial charge in [0, 0.05) is 29.5 Å². The van der Waals surface area contributed by atoms with Gasteiger partial charge in [0.1, 0.15) is 11.9 Å². The van der Waals surface area contributed by atoms with E-state index in [1.54, 1.807) is 6.07 Å². The molecule has 0 bridgehead atoms. The van der Waals surface area contributed by atoms with Crippen molar-refractivity contribution in [2.45, 2.75) is 12.8 Å². The van der Waals surface area contributed by atoms with Crippen LogP contribution >= 0.6 is 11.6 Å². The Hall–Kier alpha value is -2.88. The van der Waals surface area contributed by atoms with E-state index >= 15 is 0 Å². The molecule has 3 aromatic rings. The van der Waals surface area contributed by atoms with Crippen LogP contribution in [-0.4, -0.2) is 24.6 Å². The fourth-order valence-corrected chi connectivity index (χ4v) is 3.78. The summed E-state index contributed by atoms with van der Waals surface area (Å²) in [6.45, 7) is 3.01. The lowest BCUT2D eigenvalue weighted by Crippen LogP contribution is -2.33. The number of pyridine rings is 1. The summed E-state index contributed by atoms with van der Waals surface area (Å²) in [5.41, 5.74) is 3.38. The van der Waals surface area contributed by atoms with E-state index in [-0.39, 0.29) is 5.02 Å². The molecule has 1 atom stereocenters. The summed E-state index contributed by atoms with van der Waals surface area (Å²) in [5.74, 6) is 0.114. The molecule has 1 fully saturated rings. The van der Waals surface area contributed by atoms with Crippen LogP contribution in [0.2, 0.25) is 5.02 Å². The zero-order valence-electron chi connectivity index (χ0n) is 15.8. The summed E-state index contributed by atoms with van der Waals surface area (Å²) >= 11 is 5.90. The van der Waals surface area contributed by atoms with Gasteiger partial charge in [-0.05, 0) is 68.2 Å². The third-order valence-electron chi connectivity index (χ3n) is 5.17. The van der Waals surface area contributed by atoms with Crippen LogP contribution < -0.4 is 16.0 Å². The van der Waals surface area contributed by atoms with E-state index in [4.69, 9.17) is 11.6 Å². The number of rotatable bonds is 5. The quantitative estimate of drug-likeness (QED) is 0.549. The fourth-order valence-electron chi connectivity index (χ4n) is 3.60. The number of hydrogen-bond acceptors (Lipinski definition) is 5. The monoisotopic (exact) mass is 409 g/mol. The minimum Gasteiger partial charge on any atom is -0.385 e. The first-order valence-electron chi connectivity index (χ1n) is 9.63. The van der Waals surface area contributed by atoms with Crippen molar-refractivity contribution < 1.29 is 4.39 Å². The lowest BCUT2D eigenvalue weighted by atomic mass is 9.99. The van der Waals surface area contributed by atoms with Gasteiger partial charge in [-0.15, -0.1) is 0 Å². The van der Waals surface area contributed by atoms with Gasteiger partial charge in [-0.3, -0.25) is 4.98 Å². The molecule has 29 heavy (non-hydrogen) atoms. The number of aromatic nitrogens is 1. The lowest BCUT2D eigenvalue weighted by molar-refractivity contribution is 0.393. The first-order valence-corrected chi connectivity index (χ1v) is 10.0. The third kappa shape index (κ3) is 4.42. The summed E-state index contributed by atoms with van der Waals surface area (Å²) < 4.78 is 13.5. The summed E-state index contributed by atoms with van der Waals surface area (Å²) in [6.07, 6.45) is 3.95. The van der Waals surface area contributed by atoms with Crippen LogP contribution in [0.3, 0.4) is 0 Å². The highest BCUT2D eigenvalue weighted by molar-refractivity contribution is 6.31. The van der Waals surface area contributed by atoms with Crippen molar-refractivity contribution in [3.8, 4) is 6.07 Å². The summed E-state index contributed by atoms with van der Waals surface area (Å²) in [6, 6.07) is 12.5. The molecule has 148 valence electrons. The number of hydrogen-bond donors (Lipinski definition) is 3. The standard InChI is InChI=1S/C22H21ClFN5/c23-19-9-17(3-5-20(19)24)29-22-15(10-25)13-28-21-6-4-16(8-18(21)22)27-12-14-2-1-7-26-11-14/h3-6,8-9,13-14,26-27H,1-2,7,11-12H2,(H,28,29). The summed E-state index contributed by atoms with van der Waals surface area (Å²) in [5, 5.41) is 20.5. The van der Waals surface area contributed by atoms with Crippen LogP contribution in [0.4, 0.5) is 21.5 Å². The van der Waals surface area contributed by atoms with Crippen molar-refractivity contribution >= 4 is 39.6 Å². The highest BCUT2D eigenvalue weighted by Gasteiger charge is 2.14. The van der Waals surface area contributed by atoms with Gasteiger partial charge in [-0.2, -0.15) is 5.26 Å². The number of benzene rings is 2. The highest BCUT2D eigenvalue weighted by atomic mass is 35.5. The van der Waals surface area contributed by atoms with Crippen molar-refractivity contribution in [3.63, 3.8) is 0 Å². The third-order valence-corrected chi connectivity index (χ3v) is 5.46. The Morgan fingerprint density at radius 2 is 2.10 bits per heavy atom. The van der Waals surface area contributed by atoms with E-state index in [1.165, 1.54) is 31.2 Å². The normalized spacial score (nSPS) is 16.4. The Balaban J connectivity index is 1.65. The molecule has 2 aromatic carbocycles. The molecule has 2 heterocycles. The number of nitrogens with one attached hydrogen (secondary N) is 3. The van der Waals surface area contributed by atoms with E-state index in [2.05, 4.69) is 27.0 Å². The largest absolute Gasteiger partial charge is 0.385 e. The summed E-state index contributed by atoms with van der Waals surface area (Å²) in [4.78, 5) is 4.39. The first-order chi connectivity index (χ1) is 14.1. The zero-order chi connectivity index (χ0) is 20.2. The Bertz CT molecular complexity index is 1070. The molecule has 1 unspecified atom stereocenters. The van der Waals surface area contributed by atoms with Gasteiger partial charge in [-0.25, -0.2) is 4.39 Å². The molecule has 1 aromatic heterocycles. The minimum absolute atomic E-state index is 0.0234. The number of anilines is 3. The molecule has 1 aliphatic heterocycles. The number of nitriles is 1. The fraction of sp³-hybridized carbons (Fsp3) is 0.273. The molecule has 0 saturated carbocycles. The predicted molar refractivity (Wildman–Crippen MR) is 115 cm³/mol. The van der Waals surface area contributed by atoms with E-state index in [0.29, 0.717) is 22.9 Å². The number of fused-ring (bicyclic) bond motifs is 1. The second kappa shape index (κ2) is 8.64. The van der Waals surface area contributed by atoms with Gasteiger partial charge in [-0.1, -0.05) is 11.6 Å². The molecular formula is C22H21ClFN5. The topological polar surface area (TPSA) is 72.8 Å². The van der Waals surface area contributed by atoms with Crippen molar-refractivity contribution in [2.75, 3.05) is 30.3 Å². The van der Waals surface area contributed by atoms with Gasteiger partial charge in [0.05, 0.1) is 21.8 Å². The van der Waals surface area contributed by atoms with Gasteiger partial charge >= 0.3 is 0 Å². The van der Waals surface area contributed by atoms with Gasteiger partial charge in [0.25, 0.3) is 0 Å². The maximum atomic E-state index is 13.5. The molecule has 0 aliphatic carbocycles. The van der Waals surface area contributed by atoms with Crippen LogP contribution in [0.25, 0.3) is 10.9 Å². The zero-order valence-corrected chi connectivity index (χ0v) is 16.6. The molecule has 1 saturated heterocycles. The Morgan fingerprint density at radius 3 is 2.86 bits per heavy atom. The first kappa shape index (κ1) is 19.4. The molecule has 7 heteroatoms.